The van der Waals surface area contributed by atoms with Crippen molar-refractivity contribution in [2.75, 3.05) is 36.8 Å². The number of fused-ring (bicyclic) bond motifs is 1. The summed E-state index contributed by atoms with van der Waals surface area (Å²) in [5.41, 5.74) is 4.22. The molecule has 168 valence electrons. The van der Waals surface area contributed by atoms with Crippen molar-refractivity contribution in [1.82, 2.24) is 29.9 Å². The van der Waals surface area contributed by atoms with Gasteiger partial charge in [-0.2, -0.15) is 4.68 Å². The van der Waals surface area contributed by atoms with Crippen molar-refractivity contribution < 1.29 is 4.79 Å². The smallest absolute Gasteiger partial charge is 0.255 e. The number of hydrogen-bond donors (Lipinski definition) is 0. The lowest BCUT2D eigenvalue weighted by Gasteiger charge is -2.35. The minimum Gasteiger partial charge on any atom is -0.351 e. The zero-order valence-electron chi connectivity index (χ0n) is 18.7. The van der Waals surface area contributed by atoms with Crippen LogP contribution in [0.15, 0.2) is 59.8 Å². The largest absolute Gasteiger partial charge is 0.351 e. The fourth-order valence-corrected chi connectivity index (χ4v) is 4.84. The fourth-order valence-electron chi connectivity index (χ4n) is 4.04. The van der Waals surface area contributed by atoms with Gasteiger partial charge in [-0.25, -0.2) is 9.97 Å². The van der Waals surface area contributed by atoms with Crippen LogP contribution in [-0.4, -0.2) is 67.7 Å². The van der Waals surface area contributed by atoms with E-state index in [-0.39, 0.29) is 5.91 Å². The van der Waals surface area contributed by atoms with E-state index in [0.717, 1.165) is 27.7 Å². The molecule has 1 aliphatic heterocycles. The maximum Gasteiger partial charge on any atom is 0.255 e. The van der Waals surface area contributed by atoms with Gasteiger partial charge in [0.2, 0.25) is 0 Å². The summed E-state index contributed by atoms with van der Waals surface area (Å²) in [6.07, 6.45) is 1.56. The van der Waals surface area contributed by atoms with Gasteiger partial charge in [0.1, 0.15) is 6.33 Å². The van der Waals surface area contributed by atoms with Crippen LogP contribution in [-0.2, 0) is 0 Å². The van der Waals surface area contributed by atoms with Gasteiger partial charge < -0.3 is 9.80 Å². The van der Waals surface area contributed by atoms with Gasteiger partial charge in [-0.1, -0.05) is 42.0 Å². The van der Waals surface area contributed by atoms with Crippen LogP contribution >= 0.6 is 11.8 Å². The monoisotopic (exact) mass is 459 g/mol. The molecule has 0 radical (unpaired) electrons. The van der Waals surface area contributed by atoms with Crippen LogP contribution in [0.25, 0.3) is 16.9 Å². The van der Waals surface area contributed by atoms with Crippen LogP contribution in [0.2, 0.25) is 0 Å². The molecule has 0 unspecified atom stereocenters. The van der Waals surface area contributed by atoms with E-state index in [0.29, 0.717) is 37.3 Å². The van der Waals surface area contributed by atoms with Crippen LogP contribution in [0, 0.1) is 6.92 Å². The van der Waals surface area contributed by atoms with E-state index in [1.807, 2.05) is 53.4 Å². The zero-order chi connectivity index (χ0) is 22.8. The van der Waals surface area contributed by atoms with E-state index in [1.165, 1.54) is 5.56 Å². The van der Waals surface area contributed by atoms with Crippen LogP contribution in [0.1, 0.15) is 22.8 Å². The third-order valence-electron chi connectivity index (χ3n) is 5.78. The van der Waals surface area contributed by atoms with Gasteiger partial charge in [0.25, 0.3) is 5.91 Å². The highest BCUT2D eigenvalue weighted by Crippen LogP contribution is 2.26. The Labute approximate surface area is 196 Å². The fraction of sp³-hybridized carbons (Fsp3) is 0.292. The average Bonchev–Trinajstić information content (AvgIpc) is 3.29. The molecule has 1 amide bonds. The summed E-state index contributed by atoms with van der Waals surface area (Å²) in [6.45, 7) is 6.76. The molecule has 2 aromatic carbocycles. The molecule has 33 heavy (non-hydrogen) atoms. The van der Waals surface area contributed by atoms with Crippen molar-refractivity contribution >= 4 is 34.7 Å². The Morgan fingerprint density at radius 3 is 2.52 bits per heavy atom. The van der Waals surface area contributed by atoms with E-state index < -0.39 is 0 Å². The number of anilines is 1. The number of benzene rings is 2. The van der Waals surface area contributed by atoms with Crippen LogP contribution in [0.4, 0.5) is 5.82 Å². The molecule has 9 heteroatoms. The maximum absolute atomic E-state index is 13.2. The van der Waals surface area contributed by atoms with Crippen molar-refractivity contribution in [3.63, 3.8) is 0 Å². The molecular weight excluding hydrogens is 434 g/mol. The molecule has 0 aliphatic carbocycles. The number of aryl methyl sites for hydroxylation is 1. The van der Waals surface area contributed by atoms with Crippen molar-refractivity contribution in [2.45, 2.75) is 18.7 Å². The molecular formula is C24H25N7OS. The molecule has 0 bridgehead atoms. The van der Waals surface area contributed by atoms with Gasteiger partial charge in [-0.05, 0) is 36.9 Å². The topological polar surface area (TPSA) is 80.0 Å². The Kier molecular flexibility index (Phi) is 5.95. The molecule has 0 atom stereocenters. The first kappa shape index (κ1) is 21.4. The lowest BCUT2D eigenvalue weighted by molar-refractivity contribution is 0.0743. The number of thioether (sulfide) groups is 1. The molecule has 8 nitrogen and oxygen atoms in total. The molecule has 0 saturated carbocycles. The summed E-state index contributed by atoms with van der Waals surface area (Å²) in [5.74, 6) is 1.78. The van der Waals surface area contributed by atoms with E-state index in [2.05, 4.69) is 39.0 Å². The highest BCUT2D eigenvalue weighted by atomic mass is 32.2. The van der Waals surface area contributed by atoms with E-state index in [9.17, 15) is 4.79 Å². The summed E-state index contributed by atoms with van der Waals surface area (Å²) >= 11 is 1.70. The number of amides is 1. The zero-order valence-corrected chi connectivity index (χ0v) is 19.5. The second kappa shape index (κ2) is 9.19. The molecule has 1 aliphatic rings. The minimum absolute atomic E-state index is 0.0874. The Bertz CT molecular complexity index is 1280. The SMILES string of the molecule is CCSc1ccccc1C(=O)N1CCN(c2ncnc3c2nnn3-c2ccc(C)cc2)CC1. The lowest BCUT2D eigenvalue weighted by Crippen LogP contribution is -2.49. The summed E-state index contributed by atoms with van der Waals surface area (Å²) in [5, 5.41) is 8.72. The second-order valence-electron chi connectivity index (χ2n) is 7.91. The van der Waals surface area contributed by atoms with Crippen LogP contribution in [0.3, 0.4) is 0 Å². The van der Waals surface area contributed by atoms with E-state index in [1.54, 1.807) is 22.8 Å². The average molecular weight is 460 g/mol. The highest BCUT2D eigenvalue weighted by molar-refractivity contribution is 7.99. The first-order chi connectivity index (χ1) is 16.2. The van der Waals surface area contributed by atoms with Crippen LogP contribution < -0.4 is 4.90 Å². The number of nitrogens with zero attached hydrogens (tertiary/aromatic N) is 7. The predicted molar refractivity (Wildman–Crippen MR) is 130 cm³/mol. The summed E-state index contributed by atoms with van der Waals surface area (Å²) in [4.78, 5) is 27.3. The molecule has 1 saturated heterocycles. The second-order valence-corrected chi connectivity index (χ2v) is 9.22. The van der Waals surface area contributed by atoms with E-state index in [4.69, 9.17) is 0 Å². The molecule has 4 aromatic rings. The summed E-state index contributed by atoms with van der Waals surface area (Å²) in [6, 6.07) is 15.9. The van der Waals surface area contributed by atoms with E-state index >= 15 is 0 Å². The number of carbonyl (C=O) groups is 1. The Morgan fingerprint density at radius 2 is 1.76 bits per heavy atom. The predicted octanol–water partition coefficient (Wildman–Crippen LogP) is 3.59. The van der Waals surface area contributed by atoms with Gasteiger partial charge in [-0.3, -0.25) is 4.79 Å². The van der Waals surface area contributed by atoms with Gasteiger partial charge >= 0.3 is 0 Å². The lowest BCUT2D eigenvalue weighted by atomic mass is 10.2. The van der Waals surface area contributed by atoms with Crippen molar-refractivity contribution in [2.24, 2.45) is 0 Å². The molecule has 5 rings (SSSR count). The molecule has 1 fully saturated rings. The summed E-state index contributed by atoms with van der Waals surface area (Å²) in [7, 11) is 0. The standard InChI is InChI=1S/C24H25N7OS/c1-3-33-20-7-5-4-6-19(20)24(32)30-14-12-29(13-15-30)22-21-23(26-16-25-22)31(28-27-21)18-10-8-17(2)9-11-18/h4-11,16H,3,12-15H2,1-2H3. The first-order valence-corrected chi connectivity index (χ1v) is 12.0. The number of piperazine rings is 1. The maximum atomic E-state index is 13.2. The molecule has 3 heterocycles. The van der Waals surface area contributed by atoms with Crippen molar-refractivity contribution in [3.05, 3.63) is 66.0 Å². The van der Waals surface area contributed by atoms with Crippen LogP contribution in [0.5, 0.6) is 0 Å². The van der Waals surface area contributed by atoms with Crippen molar-refractivity contribution in [3.8, 4) is 5.69 Å². The number of rotatable bonds is 5. The summed E-state index contributed by atoms with van der Waals surface area (Å²) < 4.78 is 1.74. The molecule has 0 N–H and O–H groups in total. The minimum atomic E-state index is 0.0874. The first-order valence-electron chi connectivity index (χ1n) is 11.0. The third kappa shape index (κ3) is 4.16. The van der Waals surface area contributed by atoms with Gasteiger partial charge in [0, 0.05) is 31.1 Å². The number of aromatic nitrogens is 5. The van der Waals surface area contributed by atoms with Gasteiger partial charge in [0.05, 0.1) is 11.3 Å². The number of hydrogen-bond acceptors (Lipinski definition) is 7. The molecule has 2 aromatic heterocycles. The Balaban J connectivity index is 1.35. The van der Waals surface area contributed by atoms with Crippen molar-refractivity contribution in [1.29, 1.82) is 0 Å². The Hall–Kier alpha value is -3.46. The normalized spacial score (nSPS) is 14.1. The quantitative estimate of drug-likeness (QED) is 0.422. The number of carbonyl (C=O) groups excluding carboxylic acids is 1. The highest BCUT2D eigenvalue weighted by Gasteiger charge is 2.26. The molecule has 0 spiro atoms. The Morgan fingerprint density at radius 1 is 1.00 bits per heavy atom. The third-order valence-corrected chi connectivity index (χ3v) is 6.74. The van der Waals surface area contributed by atoms with Gasteiger partial charge in [0.15, 0.2) is 17.0 Å². The van der Waals surface area contributed by atoms with Gasteiger partial charge in [-0.15, -0.1) is 16.9 Å².